The van der Waals surface area contributed by atoms with Crippen LogP contribution >= 0.6 is 0 Å². The second-order valence-corrected chi connectivity index (χ2v) is 6.66. The highest BCUT2D eigenvalue weighted by atomic mass is 16.5. The molecule has 2 N–H and O–H groups in total. The van der Waals surface area contributed by atoms with Crippen molar-refractivity contribution in [1.82, 2.24) is 9.80 Å². The Kier molecular flexibility index (Phi) is 8.53. The van der Waals surface area contributed by atoms with E-state index in [-0.39, 0.29) is 0 Å². The summed E-state index contributed by atoms with van der Waals surface area (Å²) in [6.45, 7) is 8.57. The molecule has 0 bridgehead atoms. The Morgan fingerprint density at radius 3 is 2.46 bits per heavy atom. The highest BCUT2D eigenvalue weighted by Gasteiger charge is 2.19. The summed E-state index contributed by atoms with van der Waals surface area (Å²) < 4.78 is 5.73. The Bertz CT molecular complexity index is 462. The van der Waals surface area contributed by atoms with Crippen molar-refractivity contribution in [2.24, 2.45) is 0 Å². The zero-order valence-electron chi connectivity index (χ0n) is 14.9. The molecule has 0 spiro atoms. The van der Waals surface area contributed by atoms with Gasteiger partial charge in [-0.25, -0.2) is 0 Å². The number of hydrogen-bond donors (Lipinski definition) is 2. The molecule has 0 aromatic heterocycles. The second-order valence-electron chi connectivity index (χ2n) is 6.66. The molecule has 5 heteroatoms. The van der Waals surface area contributed by atoms with Gasteiger partial charge in [0.2, 0.25) is 0 Å². The number of ether oxygens (including phenoxy) is 1. The summed E-state index contributed by atoms with van der Waals surface area (Å²) in [4.78, 5) is 4.79. The number of nitrogens with zero attached hydrogens (tertiary/aromatic N) is 2. The maximum atomic E-state index is 10.2. The first-order chi connectivity index (χ1) is 11.7. The van der Waals surface area contributed by atoms with Crippen molar-refractivity contribution in [2.75, 3.05) is 52.5 Å². The molecule has 136 valence electrons. The Balaban J connectivity index is 1.60. The number of para-hydroxylation sites is 1. The molecule has 1 saturated heterocycles. The fourth-order valence-electron chi connectivity index (χ4n) is 3.07. The van der Waals surface area contributed by atoms with Crippen LogP contribution < -0.4 is 4.74 Å². The highest BCUT2D eigenvalue weighted by molar-refractivity contribution is 5.31. The topological polar surface area (TPSA) is 56.2 Å². The van der Waals surface area contributed by atoms with Crippen LogP contribution in [0.3, 0.4) is 0 Å². The third-order valence-corrected chi connectivity index (χ3v) is 4.59. The number of benzene rings is 1. The van der Waals surface area contributed by atoms with Crippen LogP contribution in [0.15, 0.2) is 24.3 Å². The fraction of sp³-hybridized carbons (Fsp3) is 0.684. The number of aryl methyl sites for hydroxylation is 1. The molecule has 1 unspecified atom stereocenters. The molecule has 0 radical (unpaired) electrons. The predicted molar refractivity (Wildman–Crippen MR) is 96.5 cm³/mol. The van der Waals surface area contributed by atoms with Crippen LogP contribution in [0.2, 0.25) is 0 Å². The molecule has 5 nitrogen and oxygen atoms in total. The Hall–Kier alpha value is -1.14. The van der Waals surface area contributed by atoms with Crippen molar-refractivity contribution in [2.45, 2.75) is 32.3 Å². The highest BCUT2D eigenvalue weighted by Crippen LogP contribution is 2.16. The third kappa shape index (κ3) is 6.77. The summed E-state index contributed by atoms with van der Waals surface area (Å²) in [6, 6.07) is 7.90. The second kappa shape index (κ2) is 10.7. The van der Waals surface area contributed by atoms with E-state index in [0.717, 1.165) is 63.3 Å². The van der Waals surface area contributed by atoms with Gasteiger partial charge < -0.3 is 19.8 Å². The van der Waals surface area contributed by atoms with Gasteiger partial charge in [-0.05, 0) is 44.4 Å². The van der Waals surface area contributed by atoms with E-state index in [0.29, 0.717) is 19.8 Å². The lowest BCUT2D eigenvalue weighted by Crippen LogP contribution is -2.49. The molecular formula is C19H32N2O3. The van der Waals surface area contributed by atoms with E-state index in [4.69, 9.17) is 9.84 Å². The fourth-order valence-corrected chi connectivity index (χ4v) is 3.07. The zero-order chi connectivity index (χ0) is 17.2. The zero-order valence-corrected chi connectivity index (χ0v) is 14.9. The van der Waals surface area contributed by atoms with Gasteiger partial charge in [0, 0.05) is 39.3 Å². The molecule has 2 rings (SSSR count). The van der Waals surface area contributed by atoms with Crippen molar-refractivity contribution in [3.63, 3.8) is 0 Å². The first-order valence-corrected chi connectivity index (χ1v) is 9.11. The number of hydrogen-bond acceptors (Lipinski definition) is 5. The molecular weight excluding hydrogens is 304 g/mol. The largest absolute Gasteiger partial charge is 0.491 e. The van der Waals surface area contributed by atoms with E-state index >= 15 is 0 Å². The summed E-state index contributed by atoms with van der Waals surface area (Å²) in [5, 5.41) is 19.0. The molecule has 1 aliphatic rings. The van der Waals surface area contributed by atoms with Crippen molar-refractivity contribution in [3.8, 4) is 5.75 Å². The Labute approximate surface area is 145 Å². The monoisotopic (exact) mass is 336 g/mol. The van der Waals surface area contributed by atoms with Crippen LogP contribution in [0.1, 0.15) is 24.8 Å². The van der Waals surface area contributed by atoms with Gasteiger partial charge in [-0.1, -0.05) is 18.2 Å². The van der Waals surface area contributed by atoms with Crippen molar-refractivity contribution < 1.29 is 14.9 Å². The minimum absolute atomic E-state index is 0.302. The van der Waals surface area contributed by atoms with Crippen LogP contribution in [0.4, 0.5) is 0 Å². The summed E-state index contributed by atoms with van der Waals surface area (Å²) in [7, 11) is 0. The van der Waals surface area contributed by atoms with E-state index in [1.54, 1.807) is 0 Å². The molecule has 0 amide bonds. The maximum Gasteiger partial charge on any atom is 0.122 e. The smallest absolute Gasteiger partial charge is 0.122 e. The normalized spacial score (nSPS) is 17.8. The molecule has 1 aromatic carbocycles. The number of unbranched alkanes of at least 4 members (excludes halogenated alkanes) is 2. The van der Waals surface area contributed by atoms with Gasteiger partial charge in [-0.2, -0.15) is 0 Å². The van der Waals surface area contributed by atoms with Gasteiger partial charge in [-0.3, -0.25) is 4.90 Å². The lowest BCUT2D eigenvalue weighted by Gasteiger charge is -2.35. The van der Waals surface area contributed by atoms with Crippen molar-refractivity contribution >= 4 is 0 Å². The van der Waals surface area contributed by atoms with Gasteiger partial charge in [0.1, 0.15) is 18.5 Å². The maximum absolute atomic E-state index is 10.2. The molecule has 1 atom stereocenters. The predicted octanol–water partition coefficient (Wildman–Crippen LogP) is 1.51. The standard InChI is InChI=1S/C19H32N2O3/c1-17-7-3-4-8-19(17)24-16-18(23)15-21-12-10-20(11-13-21)9-5-2-6-14-22/h3-4,7-8,18,22-23H,2,5-6,9-16H2,1H3. The van der Waals surface area contributed by atoms with Crippen LogP contribution in [0, 0.1) is 6.92 Å². The number of aliphatic hydroxyl groups is 2. The number of rotatable bonds is 10. The van der Waals surface area contributed by atoms with Gasteiger partial charge in [-0.15, -0.1) is 0 Å². The summed E-state index contributed by atoms with van der Waals surface area (Å²) in [6.07, 6.45) is 2.72. The lowest BCUT2D eigenvalue weighted by atomic mass is 10.2. The summed E-state index contributed by atoms with van der Waals surface area (Å²) >= 11 is 0. The summed E-state index contributed by atoms with van der Waals surface area (Å²) in [5.74, 6) is 0.851. The van der Waals surface area contributed by atoms with Gasteiger partial charge in [0.25, 0.3) is 0 Å². The van der Waals surface area contributed by atoms with Crippen molar-refractivity contribution in [1.29, 1.82) is 0 Å². The number of piperazine rings is 1. The van der Waals surface area contributed by atoms with E-state index in [9.17, 15) is 5.11 Å². The molecule has 1 aliphatic heterocycles. The van der Waals surface area contributed by atoms with Gasteiger partial charge in [0.15, 0.2) is 0 Å². The SMILES string of the molecule is Cc1ccccc1OCC(O)CN1CCN(CCCCCO)CC1. The van der Waals surface area contributed by atoms with Crippen LogP contribution in [-0.2, 0) is 0 Å². The molecule has 1 fully saturated rings. The first-order valence-electron chi connectivity index (χ1n) is 9.11. The summed E-state index contributed by atoms with van der Waals surface area (Å²) in [5.41, 5.74) is 1.10. The molecule has 1 aromatic rings. The molecule has 24 heavy (non-hydrogen) atoms. The number of β-amino-alcohol motifs (C(OH)–C–C–N with tert-alkyl or cyclic N) is 1. The minimum Gasteiger partial charge on any atom is -0.491 e. The molecule has 0 saturated carbocycles. The lowest BCUT2D eigenvalue weighted by molar-refractivity contribution is 0.0456. The Morgan fingerprint density at radius 2 is 1.75 bits per heavy atom. The van der Waals surface area contributed by atoms with E-state index in [2.05, 4.69) is 9.80 Å². The minimum atomic E-state index is -0.458. The van der Waals surface area contributed by atoms with Gasteiger partial charge >= 0.3 is 0 Å². The number of aliphatic hydroxyl groups excluding tert-OH is 2. The van der Waals surface area contributed by atoms with E-state index in [1.165, 1.54) is 0 Å². The van der Waals surface area contributed by atoms with E-state index < -0.39 is 6.10 Å². The third-order valence-electron chi connectivity index (χ3n) is 4.59. The van der Waals surface area contributed by atoms with Crippen LogP contribution in [0.5, 0.6) is 5.75 Å². The van der Waals surface area contributed by atoms with E-state index in [1.807, 2.05) is 31.2 Å². The molecule has 0 aliphatic carbocycles. The average Bonchev–Trinajstić information content (AvgIpc) is 2.59. The quantitative estimate of drug-likeness (QED) is 0.635. The first kappa shape index (κ1) is 19.2. The van der Waals surface area contributed by atoms with Gasteiger partial charge in [0.05, 0.1) is 0 Å². The van der Waals surface area contributed by atoms with Crippen LogP contribution in [-0.4, -0.2) is 78.6 Å². The Morgan fingerprint density at radius 1 is 1.04 bits per heavy atom. The molecule has 1 heterocycles. The van der Waals surface area contributed by atoms with Crippen LogP contribution in [0.25, 0.3) is 0 Å². The van der Waals surface area contributed by atoms with Crippen molar-refractivity contribution in [3.05, 3.63) is 29.8 Å². The average molecular weight is 336 g/mol.